The maximum atomic E-state index is 12.4. The number of anilines is 2. The summed E-state index contributed by atoms with van der Waals surface area (Å²) in [5.41, 5.74) is 2.71. The first-order valence-electron chi connectivity index (χ1n) is 9.80. The van der Waals surface area contributed by atoms with Crippen molar-refractivity contribution in [3.63, 3.8) is 0 Å². The van der Waals surface area contributed by atoms with Gasteiger partial charge in [0.25, 0.3) is 0 Å². The van der Waals surface area contributed by atoms with Gasteiger partial charge in [0.2, 0.25) is 5.91 Å². The molecule has 1 aliphatic heterocycles. The van der Waals surface area contributed by atoms with Crippen molar-refractivity contribution >= 4 is 27.1 Å². The van der Waals surface area contributed by atoms with E-state index in [1.165, 1.54) is 6.42 Å². The molecule has 2 aromatic rings. The van der Waals surface area contributed by atoms with Gasteiger partial charge in [-0.05, 0) is 49.4 Å². The van der Waals surface area contributed by atoms with Gasteiger partial charge in [-0.15, -0.1) is 0 Å². The van der Waals surface area contributed by atoms with Crippen molar-refractivity contribution in [1.29, 1.82) is 0 Å². The number of benzene rings is 1. The Hall–Kier alpha value is -2.41. The van der Waals surface area contributed by atoms with Gasteiger partial charge in [0, 0.05) is 25.7 Å². The number of nitrogens with zero attached hydrogens (tertiary/aromatic N) is 2. The molecule has 0 radical (unpaired) electrons. The summed E-state index contributed by atoms with van der Waals surface area (Å²) in [6.07, 6.45) is 7.96. The standard InChI is InChI=1S/C21H27N3O3S/c1-2-28(26,27)18-9-6-17(7-10-18)8-11-21(25)23-19-12-13-22-16-20(19)24-14-4-3-5-15-24/h6-7,9-10,12-13,16H,2-5,8,11,14-15H2,1H3,(H,22,23,25). The van der Waals surface area contributed by atoms with Crippen molar-refractivity contribution in [2.45, 2.75) is 43.9 Å². The van der Waals surface area contributed by atoms with Gasteiger partial charge in [-0.3, -0.25) is 9.78 Å². The fourth-order valence-corrected chi connectivity index (χ4v) is 4.26. The second kappa shape index (κ2) is 9.19. The van der Waals surface area contributed by atoms with Crippen molar-refractivity contribution in [3.05, 3.63) is 48.3 Å². The molecule has 1 fully saturated rings. The van der Waals surface area contributed by atoms with Crippen LogP contribution < -0.4 is 10.2 Å². The Morgan fingerprint density at radius 1 is 1.11 bits per heavy atom. The molecular formula is C21H27N3O3S. The molecule has 1 saturated heterocycles. The maximum absolute atomic E-state index is 12.4. The Balaban J connectivity index is 1.59. The number of hydrogen-bond acceptors (Lipinski definition) is 5. The molecule has 0 bridgehead atoms. The quantitative estimate of drug-likeness (QED) is 0.769. The minimum Gasteiger partial charge on any atom is -0.369 e. The first kappa shape index (κ1) is 20.3. The van der Waals surface area contributed by atoms with Crippen molar-refractivity contribution in [3.8, 4) is 0 Å². The third kappa shape index (κ3) is 5.10. The van der Waals surface area contributed by atoms with E-state index in [0.29, 0.717) is 17.7 Å². The highest BCUT2D eigenvalue weighted by molar-refractivity contribution is 7.91. The average molecular weight is 402 g/mol. The molecule has 6 nitrogen and oxygen atoms in total. The summed E-state index contributed by atoms with van der Waals surface area (Å²) in [6.45, 7) is 3.61. The number of hydrogen-bond donors (Lipinski definition) is 1. The summed E-state index contributed by atoms with van der Waals surface area (Å²) in [5, 5.41) is 3.01. The first-order valence-corrected chi connectivity index (χ1v) is 11.5. The van der Waals surface area contributed by atoms with E-state index in [-0.39, 0.29) is 11.7 Å². The largest absolute Gasteiger partial charge is 0.369 e. The van der Waals surface area contributed by atoms with E-state index < -0.39 is 9.84 Å². The molecular weight excluding hydrogens is 374 g/mol. The zero-order chi connectivity index (χ0) is 20.0. The number of nitrogens with one attached hydrogen (secondary N) is 1. The molecule has 1 amide bonds. The van der Waals surface area contributed by atoms with Crippen LogP contribution in [0.2, 0.25) is 0 Å². The topological polar surface area (TPSA) is 79.4 Å². The minimum absolute atomic E-state index is 0.0604. The van der Waals surface area contributed by atoms with Crippen LogP contribution >= 0.6 is 0 Å². The van der Waals surface area contributed by atoms with Gasteiger partial charge in [0.15, 0.2) is 9.84 Å². The van der Waals surface area contributed by atoms with Crippen LogP contribution in [0.4, 0.5) is 11.4 Å². The number of aromatic nitrogens is 1. The number of sulfone groups is 1. The van der Waals surface area contributed by atoms with Gasteiger partial charge in [0.05, 0.1) is 28.2 Å². The van der Waals surface area contributed by atoms with E-state index in [9.17, 15) is 13.2 Å². The molecule has 0 saturated carbocycles. The van der Waals surface area contributed by atoms with Crippen LogP contribution in [0.25, 0.3) is 0 Å². The molecule has 0 aliphatic carbocycles. The highest BCUT2D eigenvalue weighted by Gasteiger charge is 2.16. The lowest BCUT2D eigenvalue weighted by Crippen LogP contribution is -2.30. The molecule has 3 rings (SSSR count). The summed E-state index contributed by atoms with van der Waals surface area (Å²) < 4.78 is 23.7. The molecule has 1 aliphatic rings. The molecule has 1 aromatic carbocycles. The third-order valence-corrected chi connectivity index (χ3v) is 6.82. The number of carbonyl (C=O) groups is 1. The predicted octanol–water partition coefficient (Wildman–Crippen LogP) is 3.44. The molecule has 0 atom stereocenters. The summed E-state index contributed by atoms with van der Waals surface area (Å²) in [6, 6.07) is 8.63. The van der Waals surface area contributed by atoms with Crippen LogP contribution in [0, 0.1) is 0 Å². The average Bonchev–Trinajstić information content (AvgIpc) is 2.73. The van der Waals surface area contributed by atoms with Crippen LogP contribution in [0.15, 0.2) is 47.6 Å². The maximum Gasteiger partial charge on any atom is 0.224 e. The Morgan fingerprint density at radius 2 is 1.82 bits per heavy atom. The molecule has 28 heavy (non-hydrogen) atoms. The summed E-state index contributed by atoms with van der Waals surface area (Å²) in [7, 11) is -3.19. The minimum atomic E-state index is -3.19. The van der Waals surface area contributed by atoms with Crippen LogP contribution in [-0.4, -0.2) is 38.2 Å². The van der Waals surface area contributed by atoms with Crippen molar-refractivity contribution in [2.75, 3.05) is 29.1 Å². The van der Waals surface area contributed by atoms with Crippen molar-refractivity contribution in [1.82, 2.24) is 4.98 Å². The van der Waals surface area contributed by atoms with Gasteiger partial charge < -0.3 is 10.2 Å². The first-order chi connectivity index (χ1) is 13.5. The van der Waals surface area contributed by atoms with Crippen LogP contribution in [-0.2, 0) is 21.1 Å². The summed E-state index contributed by atoms with van der Waals surface area (Å²) in [5.74, 6) is 0.0229. The number of pyridine rings is 1. The molecule has 0 unspecified atom stereocenters. The highest BCUT2D eigenvalue weighted by Crippen LogP contribution is 2.27. The number of piperidine rings is 1. The normalized spacial score (nSPS) is 14.7. The molecule has 2 heterocycles. The number of carbonyl (C=O) groups excluding carboxylic acids is 1. The van der Waals surface area contributed by atoms with Crippen LogP contribution in [0.3, 0.4) is 0 Å². The number of rotatable bonds is 7. The lowest BCUT2D eigenvalue weighted by molar-refractivity contribution is -0.116. The summed E-state index contributed by atoms with van der Waals surface area (Å²) in [4.78, 5) is 19.3. The third-order valence-electron chi connectivity index (χ3n) is 5.07. The molecule has 1 N–H and O–H groups in total. The van der Waals surface area contributed by atoms with E-state index >= 15 is 0 Å². The SMILES string of the molecule is CCS(=O)(=O)c1ccc(CCC(=O)Nc2ccncc2N2CCCCC2)cc1. The highest BCUT2D eigenvalue weighted by atomic mass is 32.2. The van der Waals surface area contributed by atoms with E-state index in [2.05, 4.69) is 15.2 Å². The van der Waals surface area contributed by atoms with Gasteiger partial charge >= 0.3 is 0 Å². The zero-order valence-electron chi connectivity index (χ0n) is 16.2. The van der Waals surface area contributed by atoms with E-state index in [4.69, 9.17) is 0 Å². The van der Waals surface area contributed by atoms with E-state index in [0.717, 1.165) is 42.9 Å². The van der Waals surface area contributed by atoms with E-state index in [1.54, 1.807) is 37.4 Å². The van der Waals surface area contributed by atoms with Gasteiger partial charge in [-0.25, -0.2) is 8.42 Å². The lowest BCUT2D eigenvalue weighted by atomic mass is 10.1. The van der Waals surface area contributed by atoms with Gasteiger partial charge in [-0.2, -0.15) is 0 Å². The van der Waals surface area contributed by atoms with Gasteiger partial charge in [0.1, 0.15) is 0 Å². The number of aryl methyl sites for hydroxylation is 1. The Labute approximate surface area is 166 Å². The van der Waals surface area contributed by atoms with Crippen LogP contribution in [0.5, 0.6) is 0 Å². The second-order valence-corrected chi connectivity index (χ2v) is 9.31. The molecule has 0 spiro atoms. The Bertz CT molecular complexity index is 905. The smallest absolute Gasteiger partial charge is 0.224 e. The second-order valence-electron chi connectivity index (χ2n) is 7.04. The number of amides is 1. The zero-order valence-corrected chi connectivity index (χ0v) is 17.0. The summed E-state index contributed by atoms with van der Waals surface area (Å²) >= 11 is 0. The Morgan fingerprint density at radius 3 is 2.50 bits per heavy atom. The molecule has 7 heteroatoms. The van der Waals surface area contributed by atoms with Crippen molar-refractivity contribution in [2.24, 2.45) is 0 Å². The monoisotopic (exact) mass is 401 g/mol. The van der Waals surface area contributed by atoms with Crippen LogP contribution in [0.1, 0.15) is 38.2 Å². The van der Waals surface area contributed by atoms with Crippen molar-refractivity contribution < 1.29 is 13.2 Å². The van der Waals surface area contributed by atoms with Gasteiger partial charge in [-0.1, -0.05) is 19.1 Å². The fourth-order valence-electron chi connectivity index (χ4n) is 3.38. The lowest BCUT2D eigenvalue weighted by Gasteiger charge is -2.30. The Kier molecular flexibility index (Phi) is 6.67. The fraction of sp³-hybridized carbons (Fsp3) is 0.429. The predicted molar refractivity (Wildman–Crippen MR) is 111 cm³/mol. The van der Waals surface area contributed by atoms with E-state index in [1.807, 2.05) is 12.3 Å². The molecule has 150 valence electrons. The molecule has 1 aromatic heterocycles.